The first-order valence-electron chi connectivity index (χ1n) is 18.6. The molecule has 8 heteroatoms. The first kappa shape index (κ1) is 33.0. The first-order valence-corrected chi connectivity index (χ1v) is 20.8. The third kappa shape index (κ3) is 5.62. The molecule has 2 heterocycles. The lowest BCUT2D eigenvalue weighted by molar-refractivity contribution is 0.382. The molecule has 0 radical (unpaired) electrons. The maximum absolute atomic E-state index is 7.01. The van der Waals surface area contributed by atoms with E-state index < -0.39 is 16.4 Å². The molecule has 0 aliphatic rings. The van der Waals surface area contributed by atoms with E-state index in [1.165, 1.54) is 0 Å². The van der Waals surface area contributed by atoms with Crippen molar-refractivity contribution in [1.82, 2.24) is 0 Å². The molecule has 270 valence electrons. The highest BCUT2D eigenvalue weighted by Gasteiger charge is 2.20. The van der Waals surface area contributed by atoms with Gasteiger partial charge in [-0.3, -0.25) is 9.19 Å². The topological polar surface area (TPSA) is 65.0 Å². The lowest BCUT2D eigenvalue weighted by Gasteiger charge is -2.20. The fourth-order valence-corrected chi connectivity index (χ4v) is 10.4. The smallest absolute Gasteiger partial charge is 0.387 e. The van der Waals surface area contributed by atoms with Crippen LogP contribution in [0, 0.1) is 0 Å². The molecule has 0 aliphatic carbocycles. The Hall–Kier alpha value is -6.42. The Morgan fingerprint density at radius 3 is 1.14 bits per heavy atom. The number of para-hydroxylation sites is 1. The minimum Gasteiger partial charge on any atom is -0.404 e. The second-order valence-corrected chi connectivity index (χ2v) is 16.2. The second kappa shape index (κ2) is 13.7. The number of anilines is 1. The van der Waals surface area contributed by atoms with Gasteiger partial charge in [-0.05, 0) is 79.5 Å². The van der Waals surface area contributed by atoms with Crippen molar-refractivity contribution in [3.8, 4) is 0 Å². The van der Waals surface area contributed by atoms with E-state index in [0.29, 0.717) is 6.54 Å². The largest absolute Gasteiger partial charge is 0.404 e. The van der Waals surface area contributed by atoms with Crippen LogP contribution in [0.1, 0.15) is 0 Å². The molecule has 0 fully saturated rings. The fourth-order valence-electron chi connectivity index (χ4n) is 7.97. The van der Waals surface area contributed by atoms with Gasteiger partial charge in [-0.25, -0.2) is 0 Å². The fraction of sp³-hybridized carbons (Fsp3) is 0.0417. The van der Waals surface area contributed by atoms with Crippen LogP contribution < -0.4 is 9.19 Å². The molecule has 11 aromatic rings. The summed E-state index contributed by atoms with van der Waals surface area (Å²) < 4.78 is 36.1. The highest BCUT2D eigenvalue weighted by Crippen LogP contribution is 2.45. The molecule has 0 atom stereocenters. The van der Waals surface area contributed by atoms with Crippen molar-refractivity contribution in [3.63, 3.8) is 0 Å². The summed E-state index contributed by atoms with van der Waals surface area (Å²) >= 11 is 0. The van der Waals surface area contributed by atoms with Crippen LogP contribution in [0.4, 0.5) is 5.69 Å². The Bertz CT molecular complexity index is 3180. The zero-order valence-electron chi connectivity index (χ0n) is 30.0. The van der Waals surface area contributed by atoms with E-state index in [-0.39, 0.29) is 6.61 Å². The number of hydrogen-bond donors (Lipinski definition) is 0. The molecule has 0 saturated heterocycles. The molecule has 0 bridgehead atoms. The molecular weight excluding hydrogens is 732 g/mol. The molecule has 6 nitrogen and oxygen atoms in total. The number of rotatable bonds is 6. The normalized spacial score (nSPS) is 11.8. The van der Waals surface area contributed by atoms with Gasteiger partial charge in [0, 0.05) is 27.2 Å². The monoisotopic (exact) mass is 765 g/mol. The zero-order valence-corrected chi connectivity index (χ0v) is 31.8. The number of hydrogen-bond acceptors (Lipinski definition) is 6. The van der Waals surface area contributed by atoms with Gasteiger partial charge in [0.2, 0.25) is 0 Å². The highest BCUT2D eigenvalue weighted by molar-refractivity contribution is 7.39. The lowest BCUT2D eigenvalue weighted by Crippen LogP contribution is -2.20. The van der Waals surface area contributed by atoms with Crippen molar-refractivity contribution in [1.29, 1.82) is 0 Å². The van der Waals surface area contributed by atoms with Crippen LogP contribution in [-0.4, -0.2) is 13.2 Å². The SMILES string of the molecule is c1ccc(N(CCOp2oc3ccc4ccccc4c3c3c(ccc4ccccc43)o2)p2oc3ccc4ccccc4c3c3c(ccc4ccccc43)o2)cc1. The zero-order chi connectivity index (χ0) is 37.0. The van der Waals surface area contributed by atoms with Crippen LogP contribution in [0.2, 0.25) is 0 Å². The molecule has 11 rings (SSSR count). The third-order valence-corrected chi connectivity index (χ3v) is 13.1. The molecule has 0 N–H and O–H groups in total. The molecule has 2 aromatic heterocycles. The number of nitrogens with zero attached hydrogens (tertiary/aromatic N) is 1. The lowest BCUT2D eigenvalue weighted by atomic mass is 9.99. The summed E-state index contributed by atoms with van der Waals surface area (Å²) in [5, 5.41) is 13.1. The molecule has 0 saturated carbocycles. The van der Waals surface area contributed by atoms with E-state index in [1.807, 2.05) is 30.3 Å². The van der Waals surface area contributed by atoms with Gasteiger partial charge in [0.05, 0.1) is 13.2 Å². The molecule has 0 unspecified atom stereocenters. The summed E-state index contributed by atoms with van der Waals surface area (Å²) in [5.41, 5.74) is 3.98. The van der Waals surface area contributed by atoms with Gasteiger partial charge in [-0.15, -0.1) is 0 Å². The van der Waals surface area contributed by atoms with Crippen molar-refractivity contribution in [3.05, 3.63) is 176 Å². The van der Waals surface area contributed by atoms with Gasteiger partial charge in [0.15, 0.2) is 0 Å². The van der Waals surface area contributed by atoms with Crippen molar-refractivity contribution >= 4 is 109 Å². The summed E-state index contributed by atoms with van der Waals surface area (Å²) in [7, 11) is -3.53. The van der Waals surface area contributed by atoms with Gasteiger partial charge in [-0.1, -0.05) is 140 Å². The van der Waals surface area contributed by atoms with Crippen molar-refractivity contribution in [2.75, 3.05) is 17.8 Å². The highest BCUT2D eigenvalue weighted by atomic mass is 31.1. The molecule has 0 amide bonds. The Morgan fingerprint density at radius 2 is 0.732 bits per heavy atom. The van der Waals surface area contributed by atoms with Crippen LogP contribution in [0.5, 0.6) is 0 Å². The van der Waals surface area contributed by atoms with Crippen LogP contribution in [0.3, 0.4) is 0 Å². The van der Waals surface area contributed by atoms with E-state index in [9.17, 15) is 0 Å². The van der Waals surface area contributed by atoms with Crippen molar-refractivity contribution in [2.45, 2.75) is 0 Å². The van der Waals surface area contributed by atoms with Crippen LogP contribution in [-0.2, 0) is 0 Å². The minimum atomic E-state index is -1.83. The first-order chi connectivity index (χ1) is 27.8. The Labute approximate surface area is 323 Å². The molecule has 56 heavy (non-hydrogen) atoms. The summed E-state index contributed by atoms with van der Waals surface area (Å²) in [5.74, 6) is 0. The average molecular weight is 766 g/mol. The molecule has 0 aliphatic heterocycles. The summed E-state index contributed by atoms with van der Waals surface area (Å²) in [6.45, 7) is 0.732. The Morgan fingerprint density at radius 1 is 0.375 bits per heavy atom. The van der Waals surface area contributed by atoms with Gasteiger partial charge < -0.3 is 16.8 Å². The Balaban J connectivity index is 1.07. The van der Waals surface area contributed by atoms with Gasteiger partial charge >= 0.3 is 16.4 Å². The quantitative estimate of drug-likeness (QED) is 0.168. The maximum Gasteiger partial charge on any atom is 0.387 e. The molecular formula is C48H33NO5P2. The molecule has 9 aromatic carbocycles. The Kier molecular flexibility index (Phi) is 8.07. The predicted octanol–water partition coefficient (Wildman–Crippen LogP) is 14.9. The van der Waals surface area contributed by atoms with E-state index >= 15 is 0 Å². The van der Waals surface area contributed by atoms with E-state index in [4.69, 9.17) is 21.3 Å². The van der Waals surface area contributed by atoms with Gasteiger partial charge in [0.25, 0.3) is 0 Å². The van der Waals surface area contributed by atoms with E-state index in [0.717, 1.165) is 92.7 Å². The van der Waals surface area contributed by atoms with Crippen molar-refractivity contribution in [2.24, 2.45) is 0 Å². The summed E-state index contributed by atoms with van der Waals surface area (Å²) in [6, 6.07) is 60.6. The summed E-state index contributed by atoms with van der Waals surface area (Å²) in [4.78, 5) is 0. The number of benzene rings is 9. The van der Waals surface area contributed by atoms with Gasteiger partial charge in [-0.2, -0.15) is 0 Å². The summed E-state index contributed by atoms with van der Waals surface area (Å²) in [6.07, 6.45) is 0. The van der Waals surface area contributed by atoms with Crippen LogP contribution in [0.25, 0.3) is 87.0 Å². The van der Waals surface area contributed by atoms with E-state index in [2.05, 4.69) is 150 Å². The molecule has 0 spiro atoms. The predicted molar refractivity (Wildman–Crippen MR) is 233 cm³/mol. The second-order valence-electron chi connectivity index (χ2n) is 13.8. The average Bonchev–Trinajstić information content (AvgIpc) is 3.54. The van der Waals surface area contributed by atoms with Gasteiger partial charge in [0.1, 0.15) is 22.3 Å². The standard InChI is InChI=1S/C48H33NO5P2/c1-2-16-36(17-3-1)49(55-51-41-26-22-32-12-4-8-18-37(32)45(41)46-38-19-9-5-13-33(38)23-27-42(46)52-55)30-31-50-56-53-43-28-24-34-14-6-10-20-39(34)47(43)48-40-21-11-7-15-35(40)25-29-44(48)54-56/h1-29H,30-31H2. The minimum absolute atomic E-state index is 0.285. The number of fused-ring (bicyclic) bond motifs is 14. The van der Waals surface area contributed by atoms with Crippen molar-refractivity contribution < 1.29 is 21.3 Å². The van der Waals surface area contributed by atoms with Crippen LogP contribution >= 0.6 is 16.4 Å². The van der Waals surface area contributed by atoms with Crippen LogP contribution in [0.15, 0.2) is 193 Å². The maximum atomic E-state index is 7.01. The van der Waals surface area contributed by atoms with E-state index in [1.54, 1.807) is 0 Å². The third-order valence-electron chi connectivity index (χ3n) is 10.5.